The zero-order chi connectivity index (χ0) is 9.47. The Morgan fingerprint density at radius 3 is 2.46 bits per heavy atom. The van der Waals surface area contributed by atoms with Crippen LogP contribution in [0.25, 0.3) is 0 Å². The molecule has 2 rings (SSSR count). The van der Waals surface area contributed by atoms with Crippen molar-refractivity contribution in [2.75, 3.05) is 13.2 Å². The van der Waals surface area contributed by atoms with Crippen molar-refractivity contribution in [2.24, 2.45) is 5.92 Å². The molecule has 2 fully saturated rings. The molecule has 74 valence electrons. The first-order chi connectivity index (χ1) is 6.12. The SMILES string of the molecule is CC1([C@@H]2CC(=O)C[C@@H]2O)OCCO1. The summed E-state index contributed by atoms with van der Waals surface area (Å²) >= 11 is 0. The third-order valence-corrected chi connectivity index (χ3v) is 2.88. The van der Waals surface area contributed by atoms with E-state index in [0.717, 1.165) is 0 Å². The van der Waals surface area contributed by atoms with Crippen LogP contribution in [0.3, 0.4) is 0 Å². The number of Topliss-reactive ketones (excluding diaryl/α,β-unsaturated/α-hetero) is 1. The first-order valence-corrected chi connectivity index (χ1v) is 4.59. The molecule has 1 saturated carbocycles. The van der Waals surface area contributed by atoms with E-state index in [1.54, 1.807) is 6.92 Å². The minimum Gasteiger partial charge on any atom is -0.392 e. The van der Waals surface area contributed by atoms with E-state index >= 15 is 0 Å². The van der Waals surface area contributed by atoms with Gasteiger partial charge in [0.15, 0.2) is 5.79 Å². The highest BCUT2D eigenvalue weighted by Gasteiger charge is 2.48. The molecule has 0 radical (unpaired) electrons. The van der Waals surface area contributed by atoms with Crippen LogP contribution < -0.4 is 0 Å². The van der Waals surface area contributed by atoms with E-state index in [4.69, 9.17) is 9.47 Å². The minimum atomic E-state index is -0.744. The van der Waals surface area contributed by atoms with Gasteiger partial charge < -0.3 is 14.6 Å². The third kappa shape index (κ3) is 1.49. The highest BCUT2D eigenvalue weighted by Crippen LogP contribution is 2.37. The highest BCUT2D eigenvalue weighted by molar-refractivity contribution is 5.81. The monoisotopic (exact) mass is 186 g/mol. The standard InChI is InChI=1S/C9H14O4/c1-9(12-2-3-13-9)7-4-6(10)5-8(7)11/h7-8,11H,2-5H2,1H3/t7-,8+/m1/s1. The summed E-state index contributed by atoms with van der Waals surface area (Å²) in [6, 6.07) is 0. The average Bonchev–Trinajstić information content (AvgIpc) is 2.59. The van der Waals surface area contributed by atoms with Crippen LogP contribution in [0.15, 0.2) is 0 Å². The molecule has 0 aromatic carbocycles. The molecule has 0 aromatic rings. The van der Waals surface area contributed by atoms with E-state index in [-0.39, 0.29) is 18.1 Å². The van der Waals surface area contributed by atoms with Crippen LogP contribution in [-0.2, 0) is 14.3 Å². The first-order valence-electron chi connectivity index (χ1n) is 4.59. The Hall–Kier alpha value is -0.450. The number of aliphatic hydroxyl groups is 1. The smallest absolute Gasteiger partial charge is 0.171 e. The quantitative estimate of drug-likeness (QED) is 0.630. The van der Waals surface area contributed by atoms with Crippen molar-refractivity contribution < 1.29 is 19.4 Å². The Morgan fingerprint density at radius 2 is 2.00 bits per heavy atom. The lowest BCUT2D eigenvalue weighted by Gasteiger charge is -2.30. The number of rotatable bonds is 1. The van der Waals surface area contributed by atoms with E-state index in [2.05, 4.69) is 0 Å². The van der Waals surface area contributed by atoms with Crippen molar-refractivity contribution in [2.45, 2.75) is 31.7 Å². The molecule has 1 aliphatic heterocycles. The maximum Gasteiger partial charge on any atom is 0.171 e. The molecule has 4 heteroatoms. The molecule has 1 heterocycles. The van der Waals surface area contributed by atoms with Crippen LogP contribution in [0.1, 0.15) is 19.8 Å². The molecular formula is C9H14O4. The fourth-order valence-electron chi connectivity index (χ4n) is 2.12. The van der Waals surface area contributed by atoms with Gasteiger partial charge in [0.25, 0.3) is 0 Å². The summed E-state index contributed by atoms with van der Waals surface area (Å²) < 4.78 is 10.8. The largest absolute Gasteiger partial charge is 0.392 e. The van der Waals surface area contributed by atoms with Gasteiger partial charge in [0.2, 0.25) is 0 Å². The maximum absolute atomic E-state index is 11.1. The zero-order valence-corrected chi connectivity index (χ0v) is 7.66. The fraction of sp³-hybridized carbons (Fsp3) is 0.889. The van der Waals surface area contributed by atoms with Gasteiger partial charge in [-0.15, -0.1) is 0 Å². The van der Waals surface area contributed by atoms with E-state index in [1.165, 1.54) is 0 Å². The van der Waals surface area contributed by atoms with Crippen LogP contribution in [0, 0.1) is 5.92 Å². The summed E-state index contributed by atoms with van der Waals surface area (Å²) in [5, 5.41) is 9.60. The highest BCUT2D eigenvalue weighted by atomic mass is 16.7. The minimum absolute atomic E-state index is 0.0952. The van der Waals surface area contributed by atoms with E-state index in [1.807, 2.05) is 0 Å². The first kappa shape index (κ1) is 9.12. The molecule has 4 nitrogen and oxygen atoms in total. The Bertz CT molecular complexity index is 220. The predicted molar refractivity (Wildman–Crippen MR) is 44.0 cm³/mol. The Kier molecular flexibility index (Phi) is 2.14. The summed E-state index contributed by atoms with van der Waals surface area (Å²) in [5.41, 5.74) is 0. The normalized spacial score (nSPS) is 38.5. The summed E-state index contributed by atoms with van der Waals surface area (Å²) in [6.45, 7) is 2.90. The molecule has 0 bridgehead atoms. The maximum atomic E-state index is 11.1. The van der Waals surface area contributed by atoms with Crippen LogP contribution >= 0.6 is 0 Å². The Labute approximate surface area is 76.8 Å². The van der Waals surface area contributed by atoms with Crippen LogP contribution in [0.4, 0.5) is 0 Å². The number of ketones is 1. The lowest BCUT2D eigenvalue weighted by Crippen LogP contribution is -2.40. The molecule has 2 aliphatic rings. The van der Waals surface area contributed by atoms with Gasteiger partial charge in [0, 0.05) is 18.8 Å². The Balaban J connectivity index is 2.11. The summed E-state index contributed by atoms with van der Waals surface area (Å²) in [4.78, 5) is 11.1. The number of hydrogen-bond acceptors (Lipinski definition) is 4. The topological polar surface area (TPSA) is 55.8 Å². The third-order valence-electron chi connectivity index (χ3n) is 2.88. The fourth-order valence-corrected chi connectivity index (χ4v) is 2.12. The number of carbonyl (C=O) groups is 1. The average molecular weight is 186 g/mol. The molecule has 1 N–H and O–H groups in total. The molecule has 0 aromatic heterocycles. The van der Waals surface area contributed by atoms with E-state index in [9.17, 15) is 9.90 Å². The van der Waals surface area contributed by atoms with Crippen LogP contribution in [0.5, 0.6) is 0 Å². The van der Waals surface area contributed by atoms with Crippen molar-refractivity contribution in [1.82, 2.24) is 0 Å². The predicted octanol–water partition coefficient (Wildman–Crippen LogP) is 0.0894. The number of aliphatic hydroxyl groups excluding tert-OH is 1. The van der Waals surface area contributed by atoms with E-state index in [0.29, 0.717) is 19.6 Å². The molecule has 0 unspecified atom stereocenters. The van der Waals surface area contributed by atoms with Crippen molar-refractivity contribution in [3.63, 3.8) is 0 Å². The molecule has 1 saturated heterocycles. The van der Waals surface area contributed by atoms with Gasteiger partial charge in [-0.3, -0.25) is 4.79 Å². The summed E-state index contributed by atoms with van der Waals surface area (Å²) in [7, 11) is 0. The molecule has 1 aliphatic carbocycles. The number of hydrogen-bond donors (Lipinski definition) is 1. The molecular weight excluding hydrogens is 172 g/mol. The van der Waals surface area contributed by atoms with Gasteiger partial charge in [-0.25, -0.2) is 0 Å². The van der Waals surface area contributed by atoms with Gasteiger partial charge in [-0.1, -0.05) is 0 Å². The lowest BCUT2D eigenvalue weighted by molar-refractivity contribution is -0.197. The molecule has 2 atom stereocenters. The van der Waals surface area contributed by atoms with Crippen molar-refractivity contribution in [3.8, 4) is 0 Å². The molecule has 13 heavy (non-hydrogen) atoms. The van der Waals surface area contributed by atoms with Crippen LogP contribution in [-0.4, -0.2) is 36.0 Å². The lowest BCUT2D eigenvalue weighted by atomic mass is 9.96. The second-order valence-electron chi connectivity index (χ2n) is 3.83. The van der Waals surface area contributed by atoms with Gasteiger partial charge in [-0.2, -0.15) is 0 Å². The van der Waals surface area contributed by atoms with E-state index < -0.39 is 11.9 Å². The summed E-state index contributed by atoms with van der Waals surface area (Å²) in [5.74, 6) is -0.841. The van der Waals surface area contributed by atoms with Gasteiger partial charge >= 0.3 is 0 Å². The Morgan fingerprint density at radius 1 is 1.38 bits per heavy atom. The van der Waals surface area contributed by atoms with Gasteiger partial charge in [0.05, 0.1) is 19.3 Å². The second-order valence-corrected chi connectivity index (χ2v) is 3.83. The van der Waals surface area contributed by atoms with Crippen molar-refractivity contribution >= 4 is 5.78 Å². The van der Waals surface area contributed by atoms with Crippen molar-refractivity contribution in [1.29, 1.82) is 0 Å². The van der Waals surface area contributed by atoms with Gasteiger partial charge in [0.1, 0.15) is 5.78 Å². The molecule has 0 amide bonds. The van der Waals surface area contributed by atoms with Crippen molar-refractivity contribution in [3.05, 3.63) is 0 Å². The molecule has 0 spiro atoms. The zero-order valence-electron chi connectivity index (χ0n) is 7.66. The number of carbonyl (C=O) groups excluding carboxylic acids is 1. The number of ether oxygens (including phenoxy) is 2. The van der Waals surface area contributed by atoms with Gasteiger partial charge in [-0.05, 0) is 6.92 Å². The second kappa shape index (κ2) is 3.04. The summed E-state index contributed by atoms with van der Waals surface area (Å²) in [6.07, 6.45) is 0.0144. The van der Waals surface area contributed by atoms with Crippen LogP contribution in [0.2, 0.25) is 0 Å².